The number of pyridine rings is 3. The van der Waals surface area contributed by atoms with E-state index in [0.29, 0.717) is 42.7 Å². The first kappa shape index (κ1) is 27.2. The number of nitrogens with zero attached hydrogens (tertiary/aromatic N) is 3. The second kappa shape index (κ2) is 12.2. The van der Waals surface area contributed by atoms with Crippen LogP contribution in [0.3, 0.4) is 0 Å². The first-order chi connectivity index (χ1) is 19.3. The van der Waals surface area contributed by atoms with Crippen molar-refractivity contribution in [1.29, 1.82) is 0 Å². The molecule has 12 nitrogen and oxygen atoms in total. The quantitative estimate of drug-likeness (QED) is 0.337. The third-order valence-electron chi connectivity index (χ3n) is 6.63. The summed E-state index contributed by atoms with van der Waals surface area (Å²) in [6.45, 7) is -2.11. The van der Waals surface area contributed by atoms with Gasteiger partial charge in [-0.05, 0) is 56.8 Å². The number of fused-ring (bicyclic) bond motifs is 2. The lowest BCUT2D eigenvalue weighted by molar-refractivity contribution is -0.118. The summed E-state index contributed by atoms with van der Waals surface area (Å²) in [6.07, 6.45) is 4.02. The Hall–Kier alpha value is -4.33. The molecule has 0 spiro atoms. The number of aromatic nitrogens is 3. The number of carbonyl (C=O) groups is 2. The van der Waals surface area contributed by atoms with Crippen LogP contribution in [0, 0.1) is 0 Å². The van der Waals surface area contributed by atoms with Gasteiger partial charge in [0.25, 0.3) is 11.5 Å². The molecule has 1 aliphatic carbocycles. The van der Waals surface area contributed by atoms with Gasteiger partial charge in [0.1, 0.15) is 17.7 Å². The molecule has 2 atom stereocenters. The van der Waals surface area contributed by atoms with Crippen LogP contribution in [-0.4, -0.2) is 58.4 Å². The maximum Gasteiger partial charge on any atom is 0.413 e. The van der Waals surface area contributed by atoms with E-state index in [-0.39, 0.29) is 47.6 Å². The Morgan fingerprint density at radius 2 is 2.10 bits per heavy atom. The Kier molecular flexibility index (Phi) is 8.34. The van der Waals surface area contributed by atoms with Crippen molar-refractivity contribution in [3.8, 4) is 11.5 Å². The molecule has 4 heterocycles. The van der Waals surface area contributed by atoms with Crippen LogP contribution < -0.4 is 31.0 Å². The van der Waals surface area contributed by atoms with Gasteiger partial charge in [-0.2, -0.15) is 8.78 Å². The number of aryl methyl sites for hydroxylation is 1. The summed E-state index contributed by atoms with van der Waals surface area (Å²) in [6, 6.07) is 7.63. The molecule has 40 heavy (non-hydrogen) atoms. The minimum atomic E-state index is -2.98. The van der Waals surface area contributed by atoms with Gasteiger partial charge in [0.05, 0.1) is 17.2 Å². The second-order valence-electron chi connectivity index (χ2n) is 9.48. The molecule has 2 aliphatic rings. The molecule has 14 heteroatoms. The van der Waals surface area contributed by atoms with Crippen molar-refractivity contribution in [2.24, 2.45) is 0 Å². The fourth-order valence-electron chi connectivity index (χ4n) is 4.85. The first-order valence-electron chi connectivity index (χ1n) is 12.9. The number of alkyl halides is 2. The lowest BCUT2D eigenvalue weighted by atomic mass is 9.93. The summed E-state index contributed by atoms with van der Waals surface area (Å²) in [5.74, 6) is 0.453. The molecule has 0 saturated heterocycles. The second-order valence-corrected chi connectivity index (χ2v) is 9.48. The van der Waals surface area contributed by atoms with Gasteiger partial charge in [-0.15, -0.1) is 0 Å². The summed E-state index contributed by atoms with van der Waals surface area (Å²) < 4.78 is 42.0. The van der Waals surface area contributed by atoms with E-state index in [4.69, 9.17) is 9.47 Å². The third-order valence-corrected chi connectivity index (χ3v) is 6.63. The van der Waals surface area contributed by atoms with E-state index < -0.39 is 12.7 Å². The Bertz CT molecular complexity index is 1450. The van der Waals surface area contributed by atoms with Gasteiger partial charge in [-0.25, -0.2) is 9.78 Å². The number of halogens is 2. The van der Waals surface area contributed by atoms with E-state index >= 15 is 0 Å². The highest BCUT2D eigenvalue weighted by Gasteiger charge is 2.25. The number of ether oxygens (including phenoxy) is 3. The molecular weight excluding hydrogens is 530 g/mol. The molecule has 0 aromatic carbocycles. The van der Waals surface area contributed by atoms with Crippen LogP contribution in [-0.2, 0) is 16.1 Å². The van der Waals surface area contributed by atoms with Gasteiger partial charge in [-0.3, -0.25) is 19.9 Å². The number of nitrogens with one attached hydrogen (secondary N) is 3. The van der Waals surface area contributed by atoms with Crippen molar-refractivity contribution in [2.75, 3.05) is 23.8 Å². The number of rotatable bonds is 9. The van der Waals surface area contributed by atoms with E-state index in [0.717, 1.165) is 19.3 Å². The highest BCUT2D eigenvalue weighted by Crippen LogP contribution is 2.27. The predicted molar refractivity (Wildman–Crippen MR) is 140 cm³/mol. The van der Waals surface area contributed by atoms with Crippen molar-refractivity contribution in [1.82, 2.24) is 19.9 Å². The fraction of sp³-hybridized carbons (Fsp3) is 0.423. The molecule has 212 valence electrons. The molecule has 5 rings (SSSR count). The van der Waals surface area contributed by atoms with Gasteiger partial charge in [0.15, 0.2) is 18.2 Å². The van der Waals surface area contributed by atoms with Crippen LogP contribution in [0.25, 0.3) is 11.0 Å². The minimum absolute atomic E-state index is 0.0839. The van der Waals surface area contributed by atoms with Crippen LogP contribution in [0.5, 0.6) is 11.5 Å². The molecule has 3 N–H and O–H groups in total. The van der Waals surface area contributed by atoms with E-state index in [1.807, 2.05) is 0 Å². The number of hydrogen-bond donors (Lipinski definition) is 3. The SMILES string of the molecule is O=C1COc2ccc(NC(=O)OC3CCCC(NCCCn4c(=O)ccc5ncc(OC(F)F)cc54)C3)nc2N1. The van der Waals surface area contributed by atoms with E-state index in [9.17, 15) is 23.2 Å². The normalized spacial score (nSPS) is 18.5. The van der Waals surface area contributed by atoms with Crippen LogP contribution in [0.1, 0.15) is 32.1 Å². The zero-order chi connectivity index (χ0) is 28.1. The highest BCUT2D eigenvalue weighted by molar-refractivity contribution is 5.94. The standard InChI is InChI=1S/C26H28F2N6O6/c27-25(28)39-17-12-19-18(30-13-17)5-8-23(36)34(19)10-2-9-29-15-3-1-4-16(11-15)40-26(37)32-21-7-6-20-24(31-21)33-22(35)14-38-20/h5-8,12-13,15-16,25,29H,1-4,9-11,14H2,(H2,31,32,33,35,37). The van der Waals surface area contributed by atoms with Gasteiger partial charge >= 0.3 is 12.7 Å². The monoisotopic (exact) mass is 558 g/mol. The average molecular weight is 559 g/mol. The highest BCUT2D eigenvalue weighted by atomic mass is 19.3. The number of carbonyl (C=O) groups excluding carboxylic acids is 2. The number of amides is 2. The lowest BCUT2D eigenvalue weighted by Crippen LogP contribution is -2.39. The van der Waals surface area contributed by atoms with Crippen LogP contribution in [0.4, 0.5) is 25.2 Å². The Labute approximate surface area is 227 Å². The molecule has 1 aliphatic heterocycles. The van der Waals surface area contributed by atoms with Crippen molar-refractivity contribution < 1.29 is 32.6 Å². The van der Waals surface area contributed by atoms with Crippen molar-refractivity contribution >= 4 is 34.7 Å². The summed E-state index contributed by atoms with van der Waals surface area (Å²) in [5, 5.41) is 8.63. The molecule has 3 aromatic heterocycles. The van der Waals surface area contributed by atoms with Crippen molar-refractivity contribution in [2.45, 2.75) is 57.4 Å². The zero-order valence-corrected chi connectivity index (χ0v) is 21.4. The summed E-state index contributed by atoms with van der Waals surface area (Å²) in [5.41, 5.74) is 0.665. The molecule has 3 aromatic rings. The van der Waals surface area contributed by atoms with Crippen molar-refractivity contribution in [3.63, 3.8) is 0 Å². The zero-order valence-electron chi connectivity index (χ0n) is 21.4. The maximum absolute atomic E-state index is 12.6. The molecule has 0 radical (unpaired) electrons. The Morgan fingerprint density at radius 3 is 2.95 bits per heavy atom. The molecule has 0 bridgehead atoms. The molecule has 2 amide bonds. The van der Waals surface area contributed by atoms with Crippen molar-refractivity contribution in [3.05, 3.63) is 46.9 Å². The summed E-state index contributed by atoms with van der Waals surface area (Å²) in [4.78, 5) is 44.7. The van der Waals surface area contributed by atoms with E-state index in [1.165, 1.54) is 22.9 Å². The van der Waals surface area contributed by atoms with Crippen LogP contribution >= 0.6 is 0 Å². The van der Waals surface area contributed by atoms with E-state index in [2.05, 4.69) is 30.7 Å². The summed E-state index contributed by atoms with van der Waals surface area (Å²) in [7, 11) is 0. The molecule has 1 fully saturated rings. The third kappa shape index (κ3) is 6.81. The number of hydrogen-bond acceptors (Lipinski definition) is 9. The Morgan fingerprint density at radius 1 is 1.23 bits per heavy atom. The number of anilines is 2. The average Bonchev–Trinajstić information content (AvgIpc) is 2.91. The van der Waals surface area contributed by atoms with Crippen LogP contribution in [0.15, 0.2) is 41.3 Å². The van der Waals surface area contributed by atoms with E-state index in [1.54, 1.807) is 18.2 Å². The summed E-state index contributed by atoms with van der Waals surface area (Å²) >= 11 is 0. The van der Waals surface area contributed by atoms with Gasteiger partial charge < -0.3 is 29.4 Å². The largest absolute Gasteiger partial charge is 0.480 e. The predicted octanol–water partition coefficient (Wildman–Crippen LogP) is 3.26. The van der Waals surface area contributed by atoms with Gasteiger partial charge in [0, 0.05) is 24.7 Å². The Balaban J connectivity index is 1.10. The fourth-order valence-corrected chi connectivity index (χ4v) is 4.85. The van der Waals surface area contributed by atoms with Gasteiger partial charge in [0.2, 0.25) is 0 Å². The molecular formula is C26H28F2N6O6. The lowest BCUT2D eigenvalue weighted by Gasteiger charge is -2.29. The van der Waals surface area contributed by atoms with Crippen LogP contribution in [0.2, 0.25) is 0 Å². The molecule has 2 unspecified atom stereocenters. The maximum atomic E-state index is 12.6. The minimum Gasteiger partial charge on any atom is -0.480 e. The molecule has 1 saturated carbocycles. The first-order valence-corrected chi connectivity index (χ1v) is 12.9. The van der Waals surface area contributed by atoms with Gasteiger partial charge in [-0.1, -0.05) is 0 Å². The topological polar surface area (TPSA) is 146 Å². The smallest absolute Gasteiger partial charge is 0.413 e.